The number of carbonyl (C=O) groups is 2. The number of nitrogens with one attached hydrogen (secondary N) is 1. The Morgan fingerprint density at radius 3 is 2.83 bits per heavy atom. The van der Waals surface area contributed by atoms with E-state index in [1.54, 1.807) is 6.07 Å². The Labute approximate surface area is 110 Å². The molecule has 0 atom stereocenters. The van der Waals surface area contributed by atoms with Crippen LogP contribution in [0, 0.1) is 0 Å². The zero-order valence-corrected chi connectivity index (χ0v) is 10.8. The largest absolute Gasteiger partial charge is 0.452 e. The molecule has 0 aromatic heterocycles. The lowest BCUT2D eigenvalue weighted by Crippen LogP contribution is -2.29. The summed E-state index contributed by atoms with van der Waals surface area (Å²) in [6, 6.07) is 4.49. The fraction of sp³-hybridized carbons (Fsp3) is 0.333. The smallest absolute Gasteiger partial charge is 0.340 e. The third kappa shape index (κ3) is 4.25. The van der Waals surface area contributed by atoms with Crippen LogP contribution in [0.15, 0.2) is 18.2 Å². The summed E-state index contributed by atoms with van der Waals surface area (Å²) in [5.74, 6) is -1.01. The molecule has 5 nitrogen and oxygen atoms in total. The van der Waals surface area contributed by atoms with E-state index in [0.29, 0.717) is 12.2 Å². The van der Waals surface area contributed by atoms with Crippen LogP contribution in [0.5, 0.6) is 0 Å². The SMILES string of the molecule is CCCNC(=O)COC(=O)c1cc(N)ccc1Cl. The zero-order valence-electron chi connectivity index (χ0n) is 10.0. The average Bonchev–Trinajstić information content (AvgIpc) is 2.36. The second-order valence-corrected chi connectivity index (χ2v) is 4.07. The molecule has 1 aromatic rings. The van der Waals surface area contributed by atoms with E-state index in [1.807, 2.05) is 6.92 Å². The van der Waals surface area contributed by atoms with Crippen LogP contribution in [0.1, 0.15) is 23.7 Å². The number of nitrogens with two attached hydrogens (primary N) is 1. The summed E-state index contributed by atoms with van der Waals surface area (Å²) in [4.78, 5) is 22.9. The van der Waals surface area contributed by atoms with Crippen molar-refractivity contribution in [3.05, 3.63) is 28.8 Å². The molecule has 0 bridgehead atoms. The fourth-order valence-electron chi connectivity index (χ4n) is 1.22. The first-order valence-electron chi connectivity index (χ1n) is 5.53. The van der Waals surface area contributed by atoms with Gasteiger partial charge in [0, 0.05) is 12.2 Å². The van der Waals surface area contributed by atoms with Crippen LogP contribution in [0.25, 0.3) is 0 Å². The van der Waals surface area contributed by atoms with Crippen molar-refractivity contribution in [1.82, 2.24) is 5.32 Å². The van der Waals surface area contributed by atoms with Gasteiger partial charge in [0.2, 0.25) is 0 Å². The van der Waals surface area contributed by atoms with E-state index in [4.69, 9.17) is 22.1 Å². The molecule has 0 spiro atoms. The Balaban J connectivity index is 2.55. The highest BCUT2D eigenvalue weighted by molar-refractivity contribution is 6.33. The molecular weight excluding hydrogens is 256 g/mol. The highest BCUT2D eigenvalue weighted by Gasteiger charge is 2.13. The van der Waals surface area contributed by atoms with Crippen molar-refractivity contribution in [3.63, 3.8) is 0 Å². The number of halogens is 1. The van der Waals surface area contributed by atoms with Gasteiger partial charge in [-0.05, 0) is 24.6 Å². The second-order valence-electron chi connectivity index (χ2n) is 3.67. The minimum Gasteiger partial charge on any atom is -0.452 e. The molecule has 0 fully saturated rings. The maximum absolute atomic E-state index is 11.7. The van der Waals surface area contributed by atoms with E-state index >= 15 is 0 Å². The number of amides is 1. The van der Waals surface area contributed by atoms with Crippen molar-refractivity contribution in [2.24, 2.45) is 0 Å². The van der Waals surface area contributed by atoms with Crippen LogP contribution in [0.4, 0.5) is 5.69 Å². The minimum atomic E-state index is -0.668. The lowest BCUT2D eigenvalue weighted by Gasteiger charge is -2.07. The molecule has 0 saturated heterocycles. The number of esters is 1. The predicted molar refractivity (Wildman–Crippen MR) is 69.4 cm³/mol. The number of carbonyl (C=O) groups excluding carboxylic acids is 2. The number of anilines is 1. The molecule has 18 heavy (non-hydrogen) atoms. The van der Waals surface area contributed by atoms with E-state index in [1.165, 1.54) is 12.1 Å². The van der Waals surface area contributed by atoms with Gasteiger partial charge in [0.1, 0.15) is 0 Å². The first-order chi connectivity index (χ1) is 8.54. The van der Waals surface area contributed by atoms with Gasteiger partial charge < -0.3 is 15.8 Å². The van der Waals surface area contributed by atoms with Gasteiger partial charge in [-0.3, -0.25) is 4.79 Å². The molecule has 6 heteroatoms. The Hall–Kier alpha value is -1.75. The van der Waals surface area contributed by atoms with Crippen LogP contribution in [0.3, 0.4) is 0 Å². The van der Waals surface area contributed by atoms with Gasteiger partial charge in [-0.1, -0.05) is 18.5 Å². The number of rotatable bonds is 5. The Morgan fingerprint density at radius 1 is 1.44 bits per heavy atom. The van der Waals surface area contributed by atoms with Crippen LogP contribution in [0.2, 0.25) is 5.02 Å². The van der Waals surface area contributed by atoms with Gasteiger partial charge in [-0.25, -0.2) is 4.79 Å². The molecule has 0 saturated carbocycles. The third-order valence-electron chi connectivity index (χ3n) is 2.12. The van der Waals surface area contributed by atoms with Crippen molar-refractivity contribution >= 4 is 29.2 Å². The second kappa shape index (κ2) is 6.86. The van der Waals surface area contributed by atoms with Gasteiger partial charge in [-0.2, -0.15) is 0 Å². The summed E-state index contributed by atoms with van der Waals surface area (Å²) in [7, 11) is 0. The molecule has 0 heterocycles. The fourth-order valence-corrected chi connectivity index (χ4v) is 1.42. The number of hydrogen-bond donors (Lipinski definition) is 2. The lowest BCUT2D eigenvalue weighted by atomic mass is 10.2. The van der Waals surface area contributed by atoms with Crippen molar-refractivity contribution in [2.75, 3.05) is 18.9 Å². The van der Waals surface area contributed by atoms with Crippen LogP contribution in [-0.4, -0.2) is 25.0 Å². The Kier molecular flexibility index (Phi) is 5.45. The highest BCUT2D eigenvalue weighted by atomic mass is 35.5. The summed E-state index contributed by atoms with van der Waals surface area (Å²) in [6.07, 6.45) is 0.820. The number of hydrogen-bond acceptors (Lipinski definition) is 4. The molecule has 1 aromatic carbocycles. The monoisotopic (exact) mass is 270 g/mol. The van der Waals surface area contributed by atoms with Crippen LogP contribution in [-0.2, 0) is 9.53 Å². The number of benzene rings is 1. The lowest BCUT2D eigenvalue weighted by molar-refractivity contribution is -0.124. The van der Waals surface area contributed by atoms with Gasteiger partial charge in [0.15, 0.2) is 6.61 Å². The number of nitrogen functional groups attached to an aromatic ring is 1. The molecule has 0 radical (unpaired) electrons. The number of ether oxygens (including phenoxy) is 1. The molecule has 1 rings (SSSR count). The first kappa shape index (κ1) is 14.3. The summed E-state index contributed by atoms with van der Waals surface area (Å²) in [6.45, 7) is 2.15. The topological polar surface area (TPSA) is 81.4 Å². The molecular formula is C12H15ClN2O3. The summed E-state index contributed by atoms with van der Waals surface area (Å²) in [5, 5.41) is 2.83. The van der Waals surface area contributed by atoms with Gasteiger partial charge in [0.25, 0.3) is 5.91 Å². The van der Waals surface area contributed by atoms with E-state index in [-0.39, 0.29) is 23.1 Å². The standard InChI is InChI=1S/C12H15ClN2O3/c1-2-5-15-11(16)7-18-12(17)9-6-8(14)3-4-10(9)13/h3-4,6H,2,5,7,14H2,1H3,(H,15,16). The van der Waals surface area contributed by atoms with Crippen LogP contribution < -0.4 is 11.1 Å². The molecule has 0 aliphatic heterocycles. The maximum atomic E-state index is 11.7. The molecule has 0 aliphatic rings. The normalized spacial score (nSPS) is 9.89. The van der Waals surface area contributed by atoms with E-state index in [2.05, 4.69) is 5.32 Å². The summed E-state index contributed by atoms with van der Waals surface area (Å²) < 4.78 is 4.83. The van der Waals surface area contributed by atoms with Crippen molar-refractivity contribution in [3.8, 4) is 0 Å². The van der Waals surface area contributed by atoms with Crippen molar-refractivity contribution in [2.45, 2.75) is 13.3 Å². The van der Waals surface area contributed by atoms with Crippen molar-refractivity contribution in [1.29, 1.82) is 0 Å². The molecule has 0 unspecified atom stereocenters. The molecule has 0 aliphatic carbocycles. The van der Waals surface area contributed by atoms with E-state index in [0.717, 1.165) is 6.42 Å². The minimum absolute atomic E-state index is 0.153. The maximum Gasteiger partial charge on any atom is 0.340 e. The third-order valence-corrected chi connectivity index (χ3v) is 2.45. The predicted octanol–water partition coefficient (Wildman–Crippen LogP) is 1.61. The first-order valence-corrected chi connectivity index (χ1v) is 5.91. The van der Waals surface area contributed by atoms with Crippen molar-refractivity contribution < 1.29 is 14.3 Å². The van der Waals surface area contributed by atoms with Gasteiger partial charge in [0.05, 0.1) is 10.6 Å². The van der Waals surface area contributed by atoms with E-state index in [9.17, 15) is 9.59 Å². The Bertz CT molecular complexity index is 449. The highest BCUT2D eigenvalue weighted by Crippen LogP contribution is 2.19. The molecule has 3 N–H and O–H groups in total. The molecule has 98 valence electrons. The van der Waals surface area contributed by atoms with Crippen LogP contribution >= 0.6 is 11.6 Å². The summed E-state index contributed by atoms with van der Waals surface area (Å²) >= 11 is 5.83. The summed E-state index contributed by atoms with van der Waals surface area (Å²) in [5.41, 5.74) is 6.10. The van der Waals surface area contributed by atoms with Gasteiger partial charge in [-0.15, -0.1) is 0 Å². The average molecular weight is 271 g/mol. The zero-order chi connectivity index (χ0) is 13.5. The quantitative estimate of drug-likeness (QED) is 0.629. The Morgan fingerprint density at radius 2 is 2.17 bits per heavy atom. The molecule has 1 amide bonds. The van der Waals surface area contributed by atoms with E-state index < -0.39 is 5.97 Å². The van der Waals surface area contributed by atoms with Gasteiger partial charge >= 0.3 is 5.97 Å².